The lowest BCUT2D eigenvalue weighted by Crippen LogP contribution is -2.58. The van der Waals surface area contributed by atoms with E-state index in [0.717, 1.165) is 31.6 Å². The van der Waals surface area contributed by atoms with Gasteiger partial charge in [0.05, 0.1) is 28.9 Å². The van der Waals surface area contributed by atoms with Gasteiger partial charge in [-0.2, -0.15) is 0 Å². The molecule has 30 heavy (non-hydrogen) atoms. The fraction of sp³-hybridized carbons (Fsp3) is 0.450. The number of pyridine rings is 1. The Hall–Kier alpha value is -2.72. The molecule has 0 atom stereocenters. The molecule has 6 rings (SSSR count). The van der Waals surface area contributed by atoms with Crippen molar-refractivity contribution in [2.45, 2.75) is 18.9 Å². The first-order chi connectivity index (χ1) is 14.5. The number of nitrogens with zero attached hydrogens (tertiary/aromatic N) is 3. The standard InChI is InChI=1S/C20H20FN5O3S/c1-29-23-15-6-25(9-20(15)7-22-8-20)14-5-13-11(4-12(14)21)17(27)16-18(28)24-30-19(16)26(13)10-2-3-10/h4-5,10,22H,2-3,6-9H2,1H3,(H,24,28)/b23-15+. The zero-order chi connectivity index (χ0) is 20.6. The van der Waals surface area contributed by atoms with Crippen molar-refractivity contribution in [3.63, 3.8) is 0 Å². The number of hydrogen-bond donors (Lipinski definition) is 2. The molecule has 0 bridgehead atoms. The summed E-state index contributed by atoms with van der Waals surface area (Å²) in [7, 11) is 1.52. The molecule has 156 valence electrons. The van der Waals surface area contributed by atoms with E-state index < -0.39 is 16.8 Å². The van der Waals surface area contributed by atoms with Gasteiger partial charge in [-0.05, 0) is 36.5 Å². The van der Waals surface area contributed by atoms with Gasteiger partial charge in [-0.1, -0.05) is 5.16 Å². The zero-order valence-electron chi connectivity index (χ0n) is 16.3. The van der Waals surface area contributed by atoms with Gasteiger partial charge in [-0.3, -0.25) is 14.0 Å². The fourth-order valence-electron chi connectivity index (χ4n) is 4.79. The molecule has 2 saturated heterocycles. The fourth-order valence-corrected chi connectivity index (χ4v) is 5.71. The smallest absolute Gasteiger partial charge is 0.271 e. The van der Waals surface area contributed by atoms with Crippen LogP contribution < -0.4 is 21.2 Å². The molecule has 4 heterocycles. The Kier molecular flexibility index (Phi) is 3.70. The molecule has 3 fully saturated rings. The summed E-state index contributed by atoms with van der Waals surface area (Å²) in [5, 5.41) is 7.86. The number of hydrogen-bond acceptors (Lipinski definition) is 7. The highest BCUT2D eigenvalue weighted by Crippen LogP contribution is 2.42. The average molecular weight is 429 g/mol. The minimum absolute atomic E-state index is 0.127. The quantitative estimate of drug-likeness (QED) is 0.620. The van der Waals surface area contributed by atoms with Crippen molar-refractivity contribution in [3.8, 4) is 0 Å². The van der Waals surface area contributed by atoms with E-state index in [2.05, 4.69) is 14.8 Å². The minimum atomic E-state index is -0.464. The van der Waals surface area contributed by atoms with Crippen LogP contribution in [-0.4, -0.2) is 47.9 Å². The van der Waals surface area contributed by atoms with Crippen LogP contribution in [-0.2, 0) is 4.84 Å². The molecule has 0 radical (unpaired) electrons. The van der Waals surface area contributed by atoms with Gasteiger partial charge in [-0.15, -0.1) is 0 Å². The summed E-state index contributed by atoms with van der Waals surface area (Å²) in [5.41, 5.74) is 1.08. The lowest BCUT2D eigenvalue weighted by Gasteiger charge is -2.38. The zero-order valence-corrected chi connectivity index (χ0v) is 17.1. The lowest BCUT2D eigenvalue weighted by molar-refractivity contribution is 0.200. The third-order valence-corrected chi connectivity index (χ3v) is 7.41. The second-order valence-electron chi connectivity index (χ2n) is 8.42. The van der Waals surface area contributed by atoms with Gasteiger partial charge in [0.15, 0.2) is 0 Å². The Morgan fingerprint density at radius 3 is 2.77 bits per heavy atom. The van der Waals surface area contributed by atoms with E-state index >= 15 is 4.39 Å². The topological polar surface area (TPSA) is 91.7 Å². The van der Waals surface area contributed by atoms with Crippen molar-refractivity contribution in [2.75, 3.05) is 38.2 Å². The summed E-state index contributed by atoms with van der Waals surface area (Å²) < 4.78 is 20.0. The Labute approximate surface area is 174 Å². The molecule has 3 aromatic rings. The number of aromatic nitrogens is 2. The first-order valence-corrected chi connectivity index (χ1v) is 10.8. The predicted molar refractivity (Wildman–Crippen MR) is 114 cm³/mol. The molecule has 1 aliphatic carbocycles. The number of nitrogens with one attached hydrogen (secondary N) is 2. The first kappa shape index (κ1) is 18.1. The Morgan fingerprint density at radius 2 is 2.10 bits per heavy atom. The molecule has 3 aliphatic rings. The summed E-state index contributed by atoms with van der Waals surface area (Å²) in [4.78, 5) is 32.9. The lowest BCUT2D eigenvalue weighted by atomic mass is 9.79. The molecule has 2 aromatic heterocycles. The molecule has 1 aromatic carbocycles. The summed E-state index contributed by atoms with van der Waals surface area (Å²) in [5.74, 6) is -0.464. The Bertz CT molecular complexity index is 1350. The van der Waals surface area contributed by atoms with Gasteiger partial charge in [0.1, 0.15) is 23.1 Å². The van der Waals surface area contributed by atoms with E-state index in [1.807, 2.05) is 9.47 Å². The van der Waals surface area contributed by atoms with Crippen LogP contribution in [0, 0.1) is 11.2 Å². The number of halogens is 1. The van der Waals surface area contributed by atoms with E-state index in [1.165, 1.54) is 24.7 Å². The first-order valence-electron chi connectivity index (χ1n) is 9.97. The van der Waals surface area contributed by atoms with Crippen LogP contribution in [0.1, 0.15) is 18.9 Å². The van der Waals surface area contributed by atoms with E-state index in [9.17, 15) is 9.59 Å². The maximum absolute atomic E-state index is 15.3. The number of aromatic amines is 1. The highest BCUT2D eigenvalue weighted by molar-refractivity contribution is 7.12. The maximum Gasteiger partial charge on any atom is 0.271 e. The van der Waals surface area contributed by atoms with Gasteiger partial charge >= 0.3 is 0 Å². The number of benzene rings is 1. The van der Waals surface area contributed by atoms with Crippen LogP contribution in [0.15, 0.2) is 26.9 Å². The maximum atomic E-state index is 15.3. The highest BCUT2D eigenvalue weighted by Gasteiger charge is 2.49. The van der Waals surface area contributed by atoms with Gasteiger partial charge < -0.3 is 19.6 Å². The number of rotatable bonds is 3. The minimum Gasteiger partial charge on any atom is -0.399 e. The van der Waals surface area contributed by atoms with Crippen molar-refractivity contribution in [3.05, 3.63) is 38.5 Å². The predicted octanol–water partition coefficient (Wildman–Crippen LogP) is 1.79. The molecule has 2 aliphatic heterocycles. The largest absolute Gasteiger partial charge is 0.399 e. The van der Waals surface area contributed by atoms with Crippen molar-refractivity contribution in [1.29, 1.82) is 0 Å². The third-order valence-electron chi connectivity index (χ3n) is 6.52. The molecule has 0 amide bonds. The molecule has 10 heteroatoms. The average Bonchev–Trinajstić information content (AvgIpc) is 3.34. The van der Waals surface area contributed by atoms with Crippen molar-refractivity contribution < 1.29 is 9.23 Å². The van der Waals surface area contributed by atoms with E-state index in [0.29, 0.717) is 29.1 Å². The summed E-state index contributed by atoms with van der Waals surface area (Å²) in [6, 6.07) is 3.29. The number of fused-ring (bicyclic) bond motifs is 2. The number of oxime groups is 1. The van der Waals surface area contributed by atoms with Crippen LogP contribution in [0.3, 0.4) is 0 Å². The second kappa shape index (κ2) is 6.14. The van der Waals surface area contributed by atoms with Crippen LogP contribution in [0.25, 0.3) is 21.1 Å². The summed E-state index contributed by atoms with van der Waals surface area (Å²) in [6.07, 6.45) is 1.96. The molecule has 8 nitrogen and oxygen atoms in total. The number of anilines is 1. The molecule has 0 unspecified atom stereocenters. The van der Waals surface area contributed by atoms with E-state index in [4.69, 9.17) is 4.84 Å². The summed E-state index contributed by atoms with van der Waals surface area (Å²) >= 11 is 1.17. The molecular weight excluding hydrogens is 409 g/mol. The summed E-state index contributed by atoms with van der Waals surface area (Å²) in [6.45, 7) is 2.68. The highest BCUT2D eigenvalue weighted by atomic mass is 32.1. The SMILES string of the molecule is CO/N=C1\CN(c2cc3c(cc2F)c(=O)c2c(=O)[nH]sc2n3C2CC2)CC12CNC2. The molecular formula is C20H20FN5O3S. The monoisotopic (exact) mass is 429 g/mol. The van der Waals surface area contributed by atoms with E-state index in [1.54, 1.807) is 6.07 Å². The van der Waals surface area contributed by atoms with Gasteiger partial charge in [0, 0.05) is 31.1 Å². The number of H-pyrrole nitrogens is 1. The second-order valence-corrected chi connectivity index (χ2v) is 9.22. The van der Waals surface area contributed by atoms with Gasteiger partial charge in [-0.25, -0.2) is 4.39 Å². The van der Waals surface area contributed by atoms with Gasteiger partial charge in [0.2, 0.25) is 5.43 Å². The molecule has 2 N–H and O–H groups in total. The van der Waals surface area contributed by atoms with Crippen LogP contribution >= 0.6 is 11.5 Å². The third kappa shape index (κ3) is 2.37. The van der Waals surface area contributed by atoms with Crippen molar-refractivity contribution in [1.82, 2.24) is 14.3 Å². The normalized spacial score (nSPS) is 21.8. The van der Waals surface area contributed by atoms with Gasteiger partial charge in [0.25, 0.3) is 5.56 Å². The Balaban J connectivity index is 1.57. The van der Waals surface area contributed by atoms with Crippen LogP contribution in [0.4, 0.5) is 10.1 Å². The van der Waals surface area contributed by atoms with Crippen LogP contribution in [0.2, 0.25) is 0 Å². The van der Waals surface area contributed by atoms with E-state index in [-0.39, 0.29) is 22.2 Å². The van der Waals surface area contributed by atoms with Crippen molar-refractivity contribution in [2.24, 2.45) is 10.6 Å². The van der Waals surface area contributed by atoms with Crippen LogP contribution in [0.5, 0.6) is 0 Å². The Morgan fingerprint density at radius 1 is 1.30 bits per heavy atom. The molecule has 1 saturated carbocycles. The van der Waals surface area contributed by atoms with Crippen molar-refractivity contribution >= 4 is 44.1 Å². The molecule has 1 spiro atoms.